The van der Waals surface area contributed by atoms with E-state index in [1.165, 1.54) is 32.1 Å². The molecule has 5 nitrogen and oxygen atoms in total. The molecule has 5 heteroatoms. The molecule has 3 fully saturated rings. The highest BCUT2D eigenvalue weighted by molar-refractivity contribution is 5.94. The maximum absolute atomic E-state index is 13.2. The van der Waals surface area contributed by atoms with Crippen molar-refractivity contribution in [2.45, 2.75) is 91.1 Å². The lowest BCUT2D eigenvalue weighted by Crippen LogP contribution is -2.50. The number of nitrogens with zero attached hydrogens (tertiary/aromatic N) is 2. The maximum atomic E-state index is 13.2. The summed E-state index contributed by atoms with van der Waals surface area (Å²) < 4.78 is 5.70. The Morgan fingerprint density at radius 1 is 1.22 bits per heavy atom. The Hall–Kier alpha value is -1.88. The second kappa shape index (κ2) is 9.15. The zero-order chi connectivity index (χ0) is 25.1. The average molecular weight is 493 g/mol. The summed E-state index contributed by atoms with van der Waals surface area (Å²) >= 11 is 0. The summed E-state index contributed by atoms with van der Waals surface area (Å²) in [5, 5.41) is 10.3. The van der Waals surface area contributed by atoms with Gasteiger partial charge in [-0.15, -0.1) is 0 Å². The van der Waals surface area contributed by atoms with E-state index >= 15 is 0 Å². The van der Waals surface area contributed by atoms with Gasteiger partial charge in [-0.25, -0.2) is 4.98 Å². The molecule has 5 aliphatic rings. The molecule has 0 aromatic carbocycles. The normalized spacial score (nSPS) is 40.2. The fourth-order valence-electron chi connectivity index (χ4n) is 9.60. The second-order valence-corrected chi connectivity index (χ2v) is 13.1. The number of carbonyl (C=O) groups excluding carboxylic acids is 1. The molecule has 0 saturated heterocycles. The summed E-state index contributed by atoms with van der Waals surface area (Å²) in [6.45, 7) is 8.65. The van der Waals surface area contributed by atoms with E-state index in [1.807, 2.05) is 17.0 Å². The van der Waals surface area contributed by atoms with Crippen molar-refractivity contribution < 1.29 is 14.6 Å². The van der Waals surface area contributed by atoms with E-state index in [0.717, 1.165) is 49.2 Å². The van der Waals surface area contributed by atoms with Crippen molar-refractivity contribution in [3.05, 3.63) is 30.0 Å². The van der Waals surface area contributed by atoms with E-state index in [4.69, 9.17) is 4.74 Å². The van der Waals surface area contributed by atoms with Crippen LogP contribution >= 0.6 is 0 Å². The largest absolute Gasteiger partial charge is 0.488 e. The van der Waals surface area contributed by atoms with Crippen molar-refractivity contribution in [1.29, 1.82) is 0 Å². The summed E-state index contributed by atoms with van der Waals surface area (Å²) in [5.74, 6) is 5.23. The Morgan fingerprint density at radius 2 is 2.08 bits per heavy atom. The van der Waals surface area contributed by atoms with Crippen LogP contribution in [0, 0.1) is 40.4 Å². The first-order valence-corrected chi connectivity index (χ1v) is 14.6. The van der Waals surface area contributed by atoms with Crippen LogP contribution in [0.15, 0.2) is 30.0 Å². The van der Waals surface area contributed by atoms with Crippen LogP contribution in [0.25, 0.3) is 0 Å². The van der Waals surface area contributed by atoms with Gasteiger partial charge in [0.15, 0.2) is 11.6 Å². The smallest absolute Gasteiger partial charge is 0.228 e. The molecule has 4 aliphatic carbocycles. The van der Waals surface area contributed by atoms with Crippen molar-refractivity contribution in [3.8, 4) is 5.75 Å². The van der Waals surface area contributed by atoms with Gasteiger partial charge in [0.25, 0.3) is 0 Å². The Labute approximate surface area is 216 Å². The number of aliphatic hydroxyl groups is 1. The molecular weight excluding hydrogens is 448 g/mol. The van der Waals surface area contributed by atoms with Crippen LogP contribution in [0.3, 0.4) is 0 Å². The molecule has 1 amide bonds. The molecule has 36 heavy (non-hydrogen) atoms. The number of fused-ring (bicyclic) bond motifs is 6. The molecule has 0 bridgehead atoms. The number of allylic oxidation sites excluding steroid dienone is 1. The Kier molecular flexibility index (Phi) is 6.21. The summed E-state index contributed by atoms with van der Waals surface area (Å²) in [7, 11) is 0. The molecule has 1 aromatic heterocycles. The molecular formula is C31H44N2O3. The van der Waals surface area contributed by atoms with Crippen molar-refractivity contribution in [3.63, 3.8) is 0 Å². The molecule has 0 radical (unpaired) electrons. The topological polar surface area (TPSA) is 62.7 Å². The minimum Gasteiger partial charge on any atom is -0.488 e. The van der Waals surface area contributed by atoms with Crippen LogP contribution in [-0.4, -0.2) is 35.3 Å². The fourth-order valence-corrected chi connectivity index (χ4v) is 9.60. The molecule has 1 aromatic rings. The molecule has 1 aliphatic heterocycles. The summed E-state index contributed by atoms with van der Waals surface area (Å²) in [6, 6.07) is 3.77. The van der Waals surface area contributed by atoms with E-state index < -0.39 is 0 Å². The van der Waals surface area contributed by atoms with Gasteiger partial charge in [-0.2, -0.15) is 0 Å². The highest BCUT2D eigenvalue weighted by Gasteiger charge is 2.59. The zero-order valence-electron chi connectivity index (χ0n) is 22.4. The Balaban J connectivity index is 1.13. The number of aromatic nitrogens is 1. The minimum atomic E-state index is -0.129. The molecule has 6 rings (SSSR count). The number of anilines is 1. The molecule has 1 N–H and O–H groups in total. The van der Waals surface area contributed by atoms with E-state index in [-0.39, 0.29) is 12.0 Å². The number of rotatable bonds is 4. The zero-order valence-corrected chi connectivity index (χ0v) is 22.4. The first-order chi connectivity index (χ1) is 17.3. The van der Waals surface area contributed by atoms with Crippen LogP contribution in [0.1, 0.15) is 85.0 Å². The first-order valence-electron chi connectivity index (χ1n) is 14.6. The third kappa shape index (κ3) is 3.83. The average Bonchev–Trinajstić information content (AvgIpc) is 3.24. The van der Waals surface area contributed by atoms with E-state index in [0.29, 0.717) is 48.1 Å². The van der Waals surface area contributed by atoms with Crippen molar-refractivity contribution >= 4 is 11.7 Å². The first kappa shape index (κ1) is 24.5. The third-order valence-corrected chi connectivity index (χ3v) is 11.5. The second-order valence-electron chi connectivity index (χ2n) is 13.1. The van der Waals surface area contributed by atoms with Gasteiger partial charge in [-0.05, 0) is 110 Å². The summed E-state index contributed by atoms with van der Waals surface area (Å²) in [6.07, 6.45) is 15.3. The highest BCUT2D eigenvalue weighted by Crippen LogP contribution is 2.67. The lowest BCUT2D eigenvalue weighted by molar-refractivity contribution is -0.119. The van der Waals surface area contributed by atoms with Gasteiger partial charge in [0.05, 0.1) is 12.6 Å². The monoisotopic (exact) mass is 492 g/mol. The fraction of sp³-hybridized carbons (Fsp3) is 0.742. The summed E-state index contributed by atoms with van der Waals surface area (Å²) in [5.41, 5.74) is 2.26. The summed E-state index contributed by atoms with van der Waals surface area (Å²) in [4.78, 5) is 19.5. The lowest BCUT2D eigenvalue weighted by Gasteiger charge is -2.58. The highest BCUT2D eigenvalue weighted by atomic mass is 16.5. The molecule has 2 heterocycles. The van der Waals surface area contributed by atoms with Gasteiger partial charge in [0.2, 0.25) is 5.91 Å². The molecule has 1 unspecified atom stereocenters. The predicted octanol–water partition coefficient (Wildman–Crippen LogP) is 6.16. The van der Waals surface area contributed by atoms with Crippen LogP contribution in [0.4, 0.5) is 5.82 Å². The lowest BCUT2D eigenvalue weighted by atomic mass is 9.47. The van der Waals surface area contributed by atoms with Crippen LogP contribution in [0.2, 0.25) is 0 Å². The number of hydrogen-bond acceptors (Lipinski definition) is 4. The number of ether oxygens (including phenoxy) is 1. The minimum absolute atomic E-state index is 0.129. The van der Waals surface area contributed by atoms with Gasteiger partial charge in [0.1, 0.15) is 6.61 Å². The van der Waals surface area contributed by atoms with E-state index in [9.17, 15) is 9.90 Å². The van der Waals surface area contributed by atoms with Gasteiger partial charge in [-0.1, -0.05) is 32.4 Å². The predicted molar refractivity (Wildman–Crippen MR) is 142 cm³/mol. The number of pyridine rings is 1. The third-order valence-electron chi connectivity index (χ3n) is 11.5. The van der Waals surface area contributed by atoms with Crippen molar-refractivity contribution in [2.24, 2.45) is 40.4 Å². The van der Waals surface area contributed by atoms with E-state index in [1.54, 1.807) is 11.8 Å². The number of amides is 1. The van der Waals surface area contributed by atoms with Crippen LogP contribution < -0.4 is 9.64 Å². The molecule has 8 atom stereocenters. The number of carbonyl (C=O) groups is 1. The molecule has 196 valence electrons. The SMILES string of the molecule is CC(CCC(=O)N1CCOc2cccnc21)[C@H]1CC[C@H]2[C@@H]3CC=C4C[C@@H](O)CC[C@]4(C)[C@H]3CC[C@]12C. The van der Waals surface area contributed by atoms with Gasteiger partial charge < -0.3 is 9.84 Å². The maximum Gasteiger partial charge on any atom is 0.228 e. The standard InChI is InChI=1S/C31H44N2O3/c1-20(6-11-28(35)33-17-18-36-27-5-4-16-32-29(27)33)24-9-10-25-23-8-7-21-19-22(34)12-14-30(21,2)26(23)13-15-31(24,25)3/h4-5,7,16,20,22-26,34H,6,8-15,17-19H2,1-3H3/t20?,22-,23-,24+,25-,26-,30-,31+/m0/s1. The number of aliphatic hydroxyl groups excluding tert-OH is 1. The Morgan fingerprint density at radius 3 is 2.94 bits per heavy atom. The number of hydrogen-bond donors (Lipinski definition) is 1. The van der Waals surface area contributed by atoms with Crippen molar-refractivity contribution in [1.82, 2.24) is 4.98 Å². The van der Waals surface area contributed by atoms with E-state index in [2.05, 4.69) is 31.8 Å². The van der Waals surface area contributed by atoms with Gasteiger partial charge in [0, 0.05) is 12.6 Å². The quantitative estimate of drug-likeness (QED) is 0.511. The Bertz CT molecular complexity index is 1040. The van der Waals surface area contributed by atoms with Crippen LogP contribution in [0.5, 0.6) is 5.75 Å². The van der Waals surface area contributed by atoms with Gasteiger partial charge in [-0.3, -0.25) is 9.69 Å². The molecule has 0 spiro atoms. The van der Waals surface area contributed by atoms with Crippen LogP contribution in [-0.2, 0) is 4.79 Å². The molecule has 3 saturated carbocycles. The van der Waals surface area contributed by atoms with Gasteiger partial charge >= 0.3 is 0 Å². The van der Waals surface area contributed by atoms with Crippen molar-refractivity contribution in [2.75, 3.05) is 18.1 Å².